The number of hydrogen-bond donors (Lipinski definition) is 1. The molecule has 4 heteroatoms. The number of nitrogens with two attached hydrogens (primary N) is 1. The molecule has 0 unspecified atom stereocenters. The van der Waals surface area contributed by atoms with E-state index in [0.29, 0.717) is 6.54 Å². The summed E-state index contributed by atoms with van der Waals surface area (Å²) in [4.78, 5) is 9.08. The molecular weight excluding hydrogens is 284 g/mol. The van der Waals surface area contributed by atoms with E-state index in [9.17, 15) is 0 Å². The normalized spacial score (nSPS) is 11.0. The SMILES string of the molecule is CCN(C)c1ccc(CN(CCN)CCc2ccccc2)cn1. The van der Waals surface area contributed by atoms with E-state index in [4.69, 9.17) is 5.73 Å². The standard InChI is InChI=1S/C19H28N4/c1-3-22(2)19-10-9-18(15-21-19)16-23(14-12-20)13-11-17-7-5-4-6-8-17/h4-10,15H,3,11-14,16,20H2,1-2H3. The highest BCUT2D eigenvalue weighted by atomic mass is 15.2. The molecule has 124 valence electrons. The molecule has 2 N–H and O–H groups in total. The molecule has 1 heterocycles. The maximum atomic E-state index is 5.77. The Bertz CT molecular complexity index is 553. The first kappa shape index (κ1) is 17.4. The summed E-state index contributed by atoms with van der Waals surface area (Å²) in [5, 5.41) is 0. The Morgan fingerprint density at radius 1 is 1.00 bits per heavy atom. The third-order valence-corrected chi connectivity index (χ3v) is 4.09. The van der Waals surface area contributed by atoms with E-state index >= 15 is 0 Å². The van der Waals surface area contributed by atoms with E-state index < -0.39 is 0 Å². The lowest BCUT2D eigenvalue weighted by molar-refractivity contribution is 0.276. The average molecular weight is 312 g/mol. The number of rotatable bonds is 9. The van der Waals surface area contributed by atoms with Crippen LogP contribution in [-0.2, 0) is 13.0 Å². The summed E-state index contributed by atoms with van der Waals surface area (Å²) in [5.74, 6) is 1.02. The summed E-state index contributed by atoms with van der Waals surface area (Å²) in [6, 6.07) is 14.9. The number of hydrogen-bond acceptors (Lipinski definition) is 4. The van der Waals surface area contributed by atoms with Gasteiger partial charge in [0.05, 0.1) is 0 Å². The predicted molar refractivity (Wildman–Crippen MR) is 97.7 cm³/mol. The molecule has 0 atom stereocenters. The van der Waals surface area contributed by atoms with Crippen molar-refractivity contribution in [1.82, 2.24) is 9.88 Å². The van der Waals surface area contributed by atoms with Gasteiger partial charge in [-0.15, -0.1) is 0 Å². The van der Waals surface area contributed by atoms with Crippen molar-refractivity contribution in [3.8, 4) is 0 Å². The predicted octanol–water partition coefficient (Wildman–Crippen LogP) is 2.54. The summed E-state index contributed by atoms with van der Waals surface area (Å²) >= 11 is 0. The average Bonchev–Trinajstić information content (AvgIpc) is 2.61. The lowest BCUT2D eigenvalue weighted by atomic mass is 10.1. The Morgan fingerprint density at radius 3 is 2.39 bits per heavy atom. The molecule has 0 spiro atoms. The molecule has 0 saturated heterocycles. The van der Waals surface area contributed by atoms with Gasteiger partial charge >= 0.3 is 0 Å². The van der Waals surface area contributed by atoms with Crippen molar-refractivity contribution >= 4 is 5.82 Å². The van der Waals surface area contributed by atoms with Crippen molar-refractivity contribution in [2.75, 3.05) is 38.1 Å². The molecule has 1 aromatic carbocycles. The minimum absolute atomic E-state index is 0.679. The lowest BCUT2D eigenvalue weighted by Gasteiger charge is -2.22. The van der Waals surface area contributed by atoms with Gasteiger partial charge in [0.2, 0.25) is 0 Å². The van der Waals surface area contributed by atoms with Crippen molar-refractivity contribution in [3.05, 3.63) is 59.8 Å². The van der Waals surface area contributed by atoms with E-state index in [1.165, 1.54) is 11.1 Å². The molecule has 2 aromatic rings. The van der Waals surface area contributed by atoms with Crippen LogP contribution in [0.5, 0.6) is 0 Å². The highest BCUT2D eigenvalue weighted by Crippen LogP contribution is 2.11. The third kappa shape index (κ3) is 5.66. The van der Waals surface area contributed by atoms with E-state index in [2.05, 4.69) is 71.2 Å². The topological polar surface area (TPSA) is 45.4 Å². The Kier molecular flexibility index (Phi) is 7.04. The van der Waals surface area contributed by atoms with Crippen LogP contribution >= 0.6 is 0 Å². The van der Waals surface area contributed by atoms with E-state index in [0.717, 1.165) is 38.4 Å². The van der Waals surface area contributed by atoms with Crippen molar-refractivity contribution in [2.45, 2.75) is 19.9 Å². The molecule has 0 aliphatic heterocycles. The monoisotopic (exact) mass is 312 g/mol. The molecule has 23 heavy (non-hydrogen) atoms. The fourth-order valence-electron chi connectivity index (χ4n) is 2.54. The molecule has 0 aliphatic carbocycles. The van der Waals surface area contributed by atoms with Gasteiger partial charge in [-0.3, -0.25) is 4.90 Å². The third-order valence-electron chi connectivity index (χ3n) is 4.09. The van der Waals surface area contributed by atoms with Gasteiger partial charge in [-0.1, -0.05) is 36.4 Å². The largest absolute Gasteiger partial charge is 0.360 e. The zero-order chi connectivity index (χ0) is 16.5. The highest BCUT2D eigenvalue weighted by molar-refractivity contribution is 5.37. The van der Waals surface area contributed by atoms with Crippen LogP contribution in [0.3, 0.4) is 0 Å². The minimum atomic E-state index is 0.679. The fourth-order valence-corrected chi connectivity index (χ4v) is 2.54. The summed E-state index contributed by atoms with van der Waals surface area (Å²) < 4.78 is 0. The van der Waals surface area contributed by atoms with Crippen LogP contribution in [0.1, 0.15) is 18.1 Å². The van der Waals surface area contributed by atoms with E-state index in [1.54, 1.807) is 0 Å². The van der Waals surface area contributed by atoms with Crippen LogP contribution < -0.4 is 10.6 Å². The van der Waals surface area contributed by atoms with Crippen LogP contribution in [-0.4, -0.2) is 43.1 Å². The number of anilines is 1. The first-order chi connectivity index (χ1) is 11.2. The number of nitrogens with zero attached hydrogens (tertiary/aromatic N) is 3. The quantitative estimate of drug-likeness (QED) is 0.773. The molecule has 0 saturated carbocycles. The molecule has 0 aliphatic rings. The molecule has 1 aromatic heterocycles. The Labute approximate surface area is 139 Å². The maximum absolute atomic E-state index is 5.77. The molecule has 4 nitrogen and oxygen atoms in total. The molecular formula is C19H28N4. The van der Waals surface area contributed by atoms with Crippen LogP contribution in [0.15, 0.2) is 48.7 Å². The second-order valence-electron chi connectivity index (χ2n) is 5.84. The molecule has 0 bridgehead atoms. The van der Waals surface area contributed by atoms with E-state index in [1.807, 2.05) is 6.20 Å². The zero-order valence-corrected chi connectivity index (χ0v) is 14.3. The number of pyridine rings is 1. The van der Waals surface area contributed by atoms with Crippen LogP contribution in [0.2, 0.25) is 0 Å². The first-order valence-corrected chi connectivity index (χ1v) is 8.35. The van der Waals surface area contributed by atoms with Gasteiger partial charge in [-0.2, -0.15) is 0 Å². The maximum Gasteiger partial charge on any atom is 0.128 e. The second kappa shape index (κ2) is 9.28. The van der Waals surface area contributed by atoms with Gasteiger partial charge < -0.3 is 10.6 Å². The number of aromatic nitrogens is 1. The van der Waals surface area contributed by atoms with Crippen molar-refractivity contribution in [2.24, 2.45) is 5.73 Å². The Balaban J connectivity index is 1.93. The van der Waals surface area contributed by atoms with Crippen molar-refractivity contribution in [1.29, 1.82) is 0 Å². The van der Waals surface area contributed by atoms with Gasteiger partial charge in [-0.05, 0) is 30.5 Å². The Hall–Kier alpha value is -1.91. The second-order valence-corrected chi connectivity index (χ2v) is 5.84. The minimum Gasteiger partial charge on any atom is -0.360 e. The van der Waals surface area contributed by atoms with Gasteiger partial charge in [0.1, 0.15) is 5.82 Å². The molecule has 0 fully saturated rings. The van der Waals surface area contributed by atoms with Crippen molar-refractivity contribution in [3.63, 3.8) is 0 Å². The number of benzene rings is 1. The smallest absolute Gasteiger partial charge is 0.128 e. The van der Waals surface area contributed by atoms with Crippen LogP contribution in [0.4, 0.5) is 5.82 Å². The van der Waals surface area contributed by atoms with Gasteiger partial charge in [0, 0.05) is 46.0 Å². The molecule has 0 radical (unpaired) electrons. The van der Waals surface area contributed by atoms with Crippen LogP contribution in [0.25, 0.3) is 0 Å². The summed E-state index contributed by atoms with van der Waals surface area (Å²) in [5.41, 5.74) is 8.37. The van der Waals surface area contributed by atoms with Gasteiger partial charge in [0.15, 0.2) is 0 Å². The summed E-state index contributed by atoms with van der Waals surface area (Å²) in [7, 11) is 2.06. The summed E-state index contributed by atoms with van der Waals surface area (Å²) in [6.45, 7) is 6.58. The van der Waals surface area contributed by atoms with Crippen molar-refractivity contribution < 1.29 is 0 Å². The van der Waals surface area contributed by atoms with Crippen LogP contribution in [0, 0.1) is 0 Å². The molecule has 0 amide bonds. The van der Waals surface area contributed by atoms with Gasteiger partial charge in [0.25, 0.3) is 0 Å². The van der Waals surface area contributed by atoms with Gasteiger partial charge in [-0.25, -0.2) is 4.98 Å². The highest BCUT2D eigenvalue weighted by Gasteiger charge is 2.07. The van der Waals surface area contributed by atoms with E-state index in [-0.39, 0.29) is 0 Å². The summed E-state index contributed by atoms with van der Waals surface area (Å²) in [6.07, 6.45) is 3.03. The first-order valence-electron chi connectivity index (χ1n) is 8.35. The fraction of sp³-hybridized carbons (Fsp3) is 0.421. The zero-order valence-electron chi connectivity index (χ0n) is 14.3. The Morgan fingerprint density at radius 2 is 1.78 bits per heavy atom. The lowest BCUT2D eigenvalue weighted by Crippen LogP contribution is -2.31. The molecule has 2 rings (SSSR count).